The number of aliphatic hydroxyl groups excluding tert-OH is 1. The number of aryl methyl sites for hydroxylation is 1. The summed E-state index contributed by atoms with van der Waals surface area (Å²) in [6.07, 6.45) is 0. The maximum Gasteiger partial charge on any atom is 0.252 e. The average molecular weight is 335 g/mol. The molecule has 0 spiro atoms. The van der Waals surface area contributed by atoms with Crippen LogP contribution in [0.15, 0.2) is 36.4 Å². The SMILES string of the molecule is Cc1ccc(-c2cc3cc(CNCCO)ccc3[nH]2)c2c1CNC2=O. The molecule has 3 aromatic rings. The molecule has 1 aliphatic heterocycles. The zero-order valence-electron chi connectivity index (χ0n) is 14.1. The summed E-state index contributed by atoms with van der Waals surface area (Å²) in [6, 6.07) is 12.5. The first-order valence-corrected chi connectivity index (χ1v) is 8.51. The number of rotatable bonds is 5. The molecule has 1 aromatic heterocycles. The fourth-order valence-electron chi connectivity index (χ4n) is 3.47. The van der Waals surface area contributed by atoms with Gasteiger partial charge in [-0.2, -0.15) is 0 Å². The van der Waals surface area contributed by atoms with E-state index in [9.17, 15) is 4.79 Å². The van der Waals surface area contributed by atoms with E-state index < -0.39 is 0 Å². The van der Waals surface area contributed by atoms with E-state index in [2.05, 4.69) is 45.9 Å². The van der Waals surface area contributed by atoms with Crippen LogP contribution in [0.3, 0.4) is 0 Å². The summed E-state index contributed by atoms with van der Waals surface area (Å²) >= 11 is 0. The van der Waals surface area contributed by atoms with Crippen LogP contribution in [0.5, 0.6) is 0 Å². The smallest absolute Gasteiger partial charge is 0.252 e. The lowest BCUT2D eigenvalue weighted by atomic mass is 9.96. The molecular weight excluding hydrogens is 314 g/mol. The van der Waals surface area contributed by atoms with Crippen molar-refractivity contribution in [2.45, 2.75) is 20.0 Å². The van der Waals surface area contributed by atoms with Gasteiger partial charge in [-0.3, -0.25) is 4.79 Å². The minimum absolute atomic E-state index is 0.00116. The molecule has 4 rings (SSSR count). The first-order valence-electron chi connectivity index (χ1n) is 8.51. The first-order chi connectivity index (χ1) is 12.2. The zero-order valence-corrected chi connectivity index (χ0v) is 14.1. The van der Waals surface area contributed by atoms with E-state index in [1.165, 1.54) is 5.56 Å². The van der Waals surface area contributed by atoms with Gasteiger partial charge in [-0.15, -0.1) is 0 Å². The first kappa shape index (κ1) is 15.9. The summed E-state index contributed by atoms with van der Waals surface area (Å²) in [6.45, 7) is 4.09. The lowest BCUT2D eigenvalue weighted by molar-refractivity contribution is 0.0966. The molecule has 128 valence electrons. The highest BCUT2D eigenvalue weighted by Gasteiger charge is 2.25. The van der Waals surface area contributed by atoms with Gasteiger partial charge in [0.05, 0.1) is 12.2 Å². The number of benzene rings is 2. The molecule has 0 saturated heterocycles. The van der Waals surface area contributed by atoms with Crippen LogP contribution in [0.25, 0.3) is 22.2 Å². The predicted octanol–water partition coefficient (Wildman–Crippen LogP) is 2.47. The number of aromatic amines is 1. The van der Waals surface area contributed by atoms with Gasteiger partial charge in [0.15, 0.2) is 0 Å². The number of carbonyl (C=O) groups is 1. The van der Waals surface area contributed by atoms with Gasteiger partial charge in [-0.05, 0) is 41.8 Å². The fraction of sp³-hybridized carbons (Fsp3) is 0.250. The molecule has 25 heavy (non-hydrogen) atoms. The van der Waals surface area contributed by atoms with Crippen LogP contribution in [-0.2, 0) is 13.1 Å². The number of hydrogen-bond acceptors (Lipinski definition) is 3. The molecule has 0 bridgehead atoms. The Morgan fingerprint density at radius 3 is 2.92 bits per heavy atom. The van der Waals surface area contributed by atoms with E-state index in [1.54, 1.807) is 0 Å². The molecular formula is C20H21N3O2. The lowest BCUT2D eigenvalue weighted by Gasteiger charge is -2.07. The van der Waals surface area contributed by atoms with E-state index in [1.807, 2.05) is 13.0 Å². The molecule has 0 unspecified atom stereocenters. The van der Waals surface area contributed by atoms with E-state index >= 15 is 0 Å². The van der Waals surface area contributed by atoms with Crippen molar-refractivity contribution in [2.24, 2.45) is 0 Å². The molecule has 4 N–H and O–H groups in total. The molecule has 0 fully saturated rings. The summed E-state index contributed by atoms with van der Waals surface area (Å²) in [5, 5.41) is 16.1. The van der Waals surface area contributed by atoms with E-state index in [0.717, 1.165) is 45.4 Å². The molecule has 0 aliphatic carbocycles. The van der Waals surface area contributed by atoms with Crippen LogP contribution >= 0.6 is 0 Å². The molecule has 1 aliphatic rings. The Morgan fingerprint density at radius 1 is 1.20 bits per heavy atom. The van der Waals surface area contributed by atoms with Crippen LogP contribution in [0.4, 0.5) is 0 Å². The van der Waals surface area contributed by atoms with E-state index in [4.69, 9.17) is 5.11 Å². The third-order valence-corrected chi connectivity index (χ3v) is 4.79. The van der Waals surface area contributed by atoms with Crippen molar-refractivity contribution in [1.29, 1.82) is 0 Å². The number of H-pyrrole nitrogens is 1. The van der Waals surface area contributed by atoms with Gasteiger partial charge < -0.3 is 20.7 Å². The quantitative estimate of drug-likeness (QED) is 0.541. The Labute approximate surface area is 146 Å². The third-order valence-electron chi connectivity index (χ3n) is 4.79. The van der Waals surface area contributed by atoms with Gasteiger partial charge in [-0.25, -0.2) is 0 Å². The van der Waals surface area contributed by atoms with Gasteiger partial charge >= 0.3 is 0 Å². The normalized spacial score (nSPS) is 13.3. The highest BCUT2D eigenvalue weighted by Crippen LogP contribution is 2.32. The van der Waals surface area contributed by atoms with Crippen molar-refractivity contribution in [2.75, 3.05) is 13.2 Å². The van der Waals surface area contributed by atoms with E-state index in [-0.39, 0.29) is 12.5 Å². The summed E-state index contributed by atoms with van der Waals surface area (Å²) in [5.74, 6) is 0.00116. The van der Waals surface area contributed by atoms with Gasteiger partial charge in [0.2, 0.25) is 0 Å². The number of fused-ring (bicyclic) bond motifs is 2. The van der Waals surface area contributed by atoms with Gasteiger partial charge in [0.1, 0.15) is 0 Å². The van der Waals surface area contributed by atoms with Crippen molar-refractivity contribution >= 4 is 16.8 Å². The number of carbonyl (C=O) groups excluding carboxylic acids is 1. The van der Waals surface area contributed by atoms with Crippen molar-refractivity contribution < 1.29 is 9.90 Å². The Kier molecular flexibility index (Phi) is 4.03. The summed E-state index contributed by atoms with van der Waals surface area (Å²) < 4.78 is 0. The second kappa shape index (κ2) is 6.35. The van der Waals surface area contributed by atoms with Crippen molar-refractivity contribution in [3.05, 3.63) is 58.7 Å². The van der Waals surface area contributed by atoms with E-state index in [0.29, 0.717) is 13.1 Å². The number of amides is 1. The Balaban J connectivity index is 1.73. The predicted molar refractivity (Wildman–Crippen MR) is 98.4 cm³/mol. The summed E-state index contributed by atoms with van der Waals surface area (Å²) in [7, 11) is 0. The van der Waals surface area contributed by atoms with Crippen LogP contribution in [0.1, 0.15) is 27.0 Å². The van der Waals surface area contributed by atoms with Crippen molar-refractivity contribution in [3.63, 3.8) is 0 Å². The molecule has 1 amide bonds. The van der Waals surface area contributed by atoms with Gasteiger partial charge in [0, 0.05) is 41.8 Å². The standard InChI is InChI=1S/C20H21N3O2/c1-12-2-4-15(19-16(12)11-22-20(19)25)18-9-14-8-13(10-21-6-7-24)3-5-17(14)23-18/h2-5,8-9,21,23-24H,6-7,10-11H2,1H3,(H,22,25). The molecule has 0 saturated carbocycles. The molecule has 2 heterocycles. The molecule has 0 radical (unpaired) electrons. The second-order valence-corrected chi connectivity index (χ2v) is 6.47. The number of aliphatic hydroxyl groups is 1. The maximum absolute atomic E-state index is 12.3. The molecule has 2 aromatic carbocycles. The topological polar surface area (TPSA) is 77.2 Å². The molecule has 0 atom stereocenters. The molecule has 5 heteroatoms. The van der Waals surface area contributed by atoms with Crippen molar-refractivity contribution in [3.8, 4) is 11.3 Å². The van der Waals surface area contributed by atoms with Gasteiger partial charge in [0.25, 0.3) is 5.91 Å². The van der Waals surface area contributed by atoms with Crippen LogP contribution < -0.4 is 10.6 Å². The summed E-state index contributed by atoms with van der Waals surface area (Å²) in [4.78, 5) is 15.7. The Hall–Kier alpha value is -2.63. The minimum Gasteiger partial charge on any atom is -0.395 e. The fourth-order valence-corrected chi connectivity index (χ4v) is 3.47. The monoisotopic (exact) mass is 335 g/mol. The lowest BCUT2D eigenvalue weighted by Crippen LogP contribution is -2.17. The molecule has 5 nitrogen and oxygen atoms in total. The highest BCUT2D eigenvalue weighted by molar-refractivity contribution is 6.05. The summed E-state index contributed by atoms with van der Waals surface area (Å²) in [5.41, 5.74) is 7.15. The Morgan fingerprint density at radius 2 is 2.08 bits per heavy atom. The second-order valence-electron chi connectivity index (χ2n) is 6.47. The number of nitrogens with one attached hydrogen (secondary N) is 3. The van der Waals surface area contributed by atoms with Crippen LogP contribution in [-0.4, -0.2) is 29.1 Å². The minimum atomic E-state index is 0.00116. The maximum atomic E-state index is 12.3. The third kappa shape index (κ3) is 2.81. The average Bonchev–Trinajstić information content (AvgIpc) is 3.20. The highest BCUT2D eigenvalue weighted by atomic mass is 16.3. The van der Waals surface area contributed by atoms with Crippen LogP contribution in [0, 0.1) is 6.92 Å². The number of hydrogen-bond donors (Lipinski definition) is 4. The number of aromatic nitrogens is 1. The largest absolute Gasteiger partial charge is 0.395 e. The van der Waals surface area contributed by atoms with Gasteiger partial charge in [-0.1, -0.05) is 18.2 Å². The van der Waals surface area contributed by atoms with Crippen molar-refractivity contribution in [1.82, 2.24) is 15.6 Å². The Bertz CT molecular complexity index is 959. The zero-order chi connectivity index (χ0) is 17.4. The van der Waals surface area contributed by atoms with Crippen LogP contribution in [0.2, 0.25) is 0 Å².